The van der Waals surface area contributed by atoms with Crippen molar-refractivity contribution in [2.45, 2.75) is 37.9 Å². The maximum atomic E-state index is 10.1. The van der Waals surface area contributed by atoms with Gasteiger partial charge in [-0.1, -0.05) is 67.1 Å². The number of hydrogen-bond donors (Lipinski definition) is 2. The van der Waals surface area contributed by atoms with Gasteiger partial charge in [-0.15, -0.1) is 0 Å². The summed E-state index contributed by atoms with van der Waals surface area (Å²) in [4.78, 5) is 0. The molecule has 0 fully saturated rings. The summed E-state index contributed by atoms with van der Waals surface area (Å²) in [6, 6.07) is 19.4. The fraction of sp³-hybridized carbons (Fsp3) is 0.333. The van der Waals surface area contributed by atoms with Gasteiger partial charge in [0.25, 0.3) is 0 Å². The Morgan fingerprint density at radius 2 is 1.30 bits per heavy atom. The van der Waals surface area contributed by atoms with Crippen molar-refractivity contribution in [1.82, 2.24) is 0 Å². The van der Waals surface area contributed by atoms with Crippen molar-refractivity contribution in [3.8, 4) is 0 Å². The Kier molecular flexibility index (Phi) is 5.33. The molecule has 0 aliphatic carbocycles. The summed E-state index contributed by atoms with van der Waals surface area (Å²) in [5, 5.41) is 20.1. The molecule has 2 rings (SSSR count). The molecule has 0 spiro atoms. The maximum Gasteiger partial charge on any atom is 0.189 e. The molecule has 106 valence electrons. The Hall–Kier alpha value is -1.64. The zero-order valence-corrected chi connectivity index (χ0v) is 11.7. The molecule has 2 heteroatoms. The third-order valence-electron chi connectivity index (χ3n) is 3.57. The Labute approximate surface area is 120 Å². The number of hydrogen-bond acceptors (Lipinski definition) is 2. The van der Waals surface area contributed by atoms with Crippen LogP contribution in [0.2, 0.25) is 0 Å². The third kappa shape index (κ3) is 4.48. The van der Waals surface area contributed by atoms with Crippen LogP contribution < -0.4 is 0 Å². The Balaban J connectivity index is 1.70. The number of unbranched alkanes of at least 4 members (excludes halogenated alkanes) is 2. The molecule has 20 heavy (non-hydrogen) atoms. The molecule has 0 saturated carbocycles. The van der Waals surface area contributed by atoms with E-state index in [1.807, 2.05) is 24.3 Å². The molecule has 0 aliphatic heterocycles. The van der Waals surface area contributed by atoms with E-state index in [0.29, 0.717) is 12.0 Å². The normalized spacial score (nSPS) is 11.5. The first kappa shape index (κ1) is 14.8. The zero-order chi connectivity index (χ0) is 14.3. The molecule has 0 atom stereocenters. The van der Waals surface area contributed by atoms with Crippen LogP contribution in [0.15, 0.2) is 60.7 Å². The number of rotatable bonds is 7. The van der Waals surface area contributed by atoms with Gasteiger partial charge in [-0.05, 0) is 24.8 Å². The average Bonchev–Trinajstić information content (AvgIpc) is 2.49. The van der Waals surface area contributed by atoms with Crippen LogP contribution in [0.25, 0.3) is 0 Å². The van der Waals surface area contributed by atoms with Crippen molar-refractivity contribution in [2.75, 3.05) is 0 Å². The first-order valence-electron chi connectivity index (χ1n) is 7.23. The molecule has 0 unspecified atom stereocenters. The number of aliphatic hydroxyl groups is 2. The highest BCUT2D eigenvalue weighted by atomic mass is 16.5. The van der Waals surface area contributed by atoms with E-state index in [-0.39, 0.29) is 0 Å². The van der Waals surface area contributed by atoms with Crippen LogP contribution in [0.1, 0.15) is 36.8 Å². The average molecular weight is 270 g/mol. The van der Waals surface area contributed by atoms with E-state index in [9.17, 15) is 10.2 Å². The SMILES string of the molecule is OC(O)(CCCCCc1ccccc1)c1ccccc1. The largest absolute Gasteiger partial charge is 0.362 e. The van der Waals surface area contributed by atoms with Crippen molar-refractivity contribution < 1.29 is 10.2 Å². The molecule has 2 N–H and O–H groups in total. The Morgan fingerprint density at radius 3 is 1.95 bits per heavy atom. The molecule has 2 nitrogen and oxygen atoms in total. The van der Waals surface area contributed by atoms with Gasteiger partial charge in [-0.3, -0.25) is 0 Å². The lowest BCUT2D eigenvalue weighted by atomic mass is 9.98. The van der Waals surface area contributed by atoms with Crippen LogP contribution in [0.3, 0.4) is 0 Å². The van der Waals surface area contributed by atoms with Crippen molar-refractivity contribution in [2.24, 2.45) is 0 Å². The Bertz CT molecular complexity index is 491. The predicted molar refractivity (Wildman–Crippen MR) is 81.2 cm³/mol. The molecule has 2 aromatic carbocycles. The van der Waals surface area contributed by atoms with Gasteiger partial charge >= 0.3 is 0 Å². The summed E-state index contributed by atoms with van der Waals surface area (Å²) in [5.74, 6) is -1.70. The number of aryl methyl sites for hydroxylation is 1. The molecule has 2 aromatic rings. The molecule has 0 saturated heterocycles. The van der Waals surface area contributed by atoms with Crippen molar-refractivity contribution in [3.05, 3.63) is 71.8 Å². The van der Waals surface area contributed by atoms with Crippen molar-refractivity contribution in [3.63, 3.8) is 0 Å². The second-order valence-electron chi connectivity index (χ2n) is 5.23. The van der Waals surface area contributed by atoms with Crippen LogP contribution in [-0.2, 0) is 12.2 Å². The van der Waals surface area contributed by atoms with Crippen LogP contribution in [0.4, 0.5) is 0 Å². The van der Waals surface area contributed by atoms with Crippen molar-refractivity contribution >= 4 is 0 Å². The fourth-order valence-electron chi connectivity index (χ4n) is 2.37. The summed E-state index contributed by atoms with van der Waals surface area (Å²) >= 11 is 0. The van der Waals surface area contributed by atoms with Gasteiger partial charge in [0.2, 0.25) is 0 Å². The lowest BCUT2D eigenvalue weighted by Gasteiger charge is -2.22. The van der Waals surface area contributed by atoms with Gasteiger partial charge in [0.1, 0.15) is 0 Å². The van der Waals surface area contributed by atoms with E-state index in [2.05, 4.69) is 24.3 Å². The number of benzene rings is 2. The standard InChI is InChI=1S/C18H22O2/c19-18(20,17-13-7-2-8-14-17)15-9-3-6-12-16-10-4-1-5-11-16/h1-2,4-5,7-8,10-11,13-14,19-20H,3,6,9,12,15H2. The summed E-state index contributed by atoms with van der Waals surface area (Å²) in [6.45, 7) is 0. The van der Waals surface area contributed by atoms with Gasteiger partial charge in [0, 0.05) is 12.0 Å². The topological polar surface area (TPSA) is 40.5 Å². The molecule has 0 aliphatic rings. The van der Waals surface area contributed by atoms with Crippen LogP contribution in [-0.4, -0.2) is 10.2 Å². The maximum absolute atomic E-state index is 10.1. The lowest BCUT2D eigenvalue weighted by Crippen LogP contribution is -2.24. The predicted octanol–water partition coefficient (Wildman–Crippen LogP) is 3.63. The van der Waals surface area contributed by atoms with E-state index < -0.39 is 5.79 Å². The summed E-state index contributed by atoms with van der Waals surface area (Å²) in [6.07, 6.45) is 4.33. The van der Waals surface area contributed by atoms with E-state index in [1.165, 1.54) is 5.56 Å². The third-order valence-corrected chi connectivity index (χ3v) is 3.57. The smallest absolute Gasteiger partial charge is 0.189 e. The minimum atomic E-state index is -1.70. The summed E-state index contributed by atoms with van der Waals surface area (Å²) < 4.78 is 0. The van der Waals surface area contributed by atoms with Crippen LogP contribution in [0, 0.1) is 0 Å². The zero-order valence-electron chi connectivity index (χ0n) is 11.7. The molecule has 0 heterocycles. The van der Waals surface area contributed by atoms with Crippen molar-refractivity contribution in [1.29, 1.82) is 0 Å². The van der Waals surface area contributed by atoms with E-state index in [0.717, 1.165) is 25.7 Å². The van der Waals surface area contributed by atoms with Gasteiger partial charge in [0.15, 0.2) is 5.79 Å². The molecule has 0 amide bonds. The monoisotopic (exact) mass is 270 g/mol. The molecular weight excluding hydrogens is 248 g/mol. The lowest BCUT2D eigenvalue weighted by molar-refractivity contribution is -0.175. The van der Waals surface area contributed by atoms with E-state index in [4.69, 9.17) is 0 Å². The molecule has 0 aromatic heterocycles. The van der Waals surface area contributed by atoms with Gasteiger partial charge in [-0.2, -0.15) is 0 Å². The Morgan fingerprint density at radius 1 is 0.700 bits per heavy atom. The second-order valence-corrected chi connectivity index (χ2v) is 5.23. The van der Waals surface area contributed by atoms with Gasteiger partial charge in [0.05, 0.1) is 0 Å². The van der Waals surface area contributed by atoms with E-state index >= 15 is 0 Å². The molecular formula is C18H22O2. The van der Waals surface area contributed by atoms with E-state index in [1.54, 1.807) is 12.1 Å². The quantitative estimate of drug-likeness (QED) is 0.596. The minimum Gasteiger partial charge on any atom is -0.362 e. The molecule has 0 bridgehead atoms. The first-order chi connectivity index (χ1) is 9.68. The fourth-order valence-corrected chi connectivity index (χ4v) is 2.37. The summed E-state index contributed by atoms with van der Waals surface area (Å²) in [7, 11) is 0. The minimum absolute atomic E-state index is 0.381. The highest BCUT2D eigenvalue weighted by Crippen LogP contribution is 2.24. The highest BCUT2D eigenvalue weighted by Gasteiger charge is 2.24. The summed E-state index contributed by atoms with van der Waals surface area (Å²) in [5.41, 5.74) is 1.91. The first-order valence-corrected chi connectivity index (χ1v) is 7.23. The molecule has 0 radical (unpaired) electrons. The highest BCUT2D eigenvalue weighted by molar-refractivity contribution is 5.19. The van der Waals surface area contributed by atoms with Crippen LogP contribution >= 0.6 is 0 Å². The second kappa shape index (κ2) is 7.22. The van der Waals surface area contributed by atoms with Gasteiger partial charge < -0.3 is 10.2 Å². The van der Waals surface area contributed by atoms with Crippen LogP contribution in [0.5, 0.6) is 0 Å². The van der Waals surface area contributed by atoms with Gasteiger partial charge in [-0.25, -0.2) is 0 Å².